The number of hydrogen-bond donors (Lipinski definition) is 1. The largest absolute Gasteiger partial charge is 0.307 e. The first kappa shape index (κ1) is 15.0. The SMILES string of the molecule is CC(Cc1cccc(Cl)c1)NC1CCSc2ccccc21. The van der Waals surface area contributed by atoms with Crippen molar-refractivity contribution in [3.8, 4) is 0 Å². The first-order valence-electron chi connectivity index (χ1n) is 7.44. The minimum absolute atomic E-state index is 0.435. The molecule has 110 valence electrons. The van der Waals surface area contributed by atoms with E-state index in [0.717, 1.165) is 11.4 Å². The van der Waals surface area contributed by atoms with Crippen LogP contribution in [0.2, 0.25) is 5.02 Å². The lowest BCUT2D eigenvalue weighted by molar-refractivity contribution is 0.438. The quantitative estimate of drug-likeness (QED) is 0.842. The maximum Gasteiger partial charge on any atom is 0.0408 e. The minimum Gasteiger partial charge on any atom is -0.307 e. The molecule has 0 aromatic heterocycles. The van der Waals surface area contributed by atoms with Crippen LogP contribution < -0.4 is 5.32 Å². The second kappa shape index (κ2) is 6.87. The number of rotatable bonds is 4. The van der Waals surface area contributed by atoms with Crippen LogP contribution in [0.1, 0.15) is 30.5 Å². The third-order valence-corrected chi connectivity index (χ3v) is 5.23. The topological polar surface area (TPSA) is 12.0 Å². The Kier molecular flexibility index (Phi) is 4.89. The zero-order chi connectivity index (χ0) is 14.7. The Morgan fingerprint density at radius 2 is 2.10 bits per heavy atom. The van der Waals surface area contributed by atoms with E-state index in [-0.39, 0.29) is 0 Å². The smallest absolute Gasteiger partial charge is 0.0408 e. The van der Waals surface area contributed by atoms with E-state index in [1.165, 1.54) is 28.2 Å². The van der Waals surface area contributed by atoms with Crippen molar-refractivity contribution in [3.63, 3.8) is 0 Å². The molecule has 2 unspecified atom stereocenters. The summed E-state index contributed by atoms with van der Waals surface area (Å²) in [5.74, 6) is 1.19. The van der Waals surface area contributed by atoms with Crippen LogP contribution in [0.25, 0.3) is 0 Å². The number of nitrogens with one attached hydrogen (secondary N) is 1. The highest BCUT2D eigenvalue weighted by molar-refractivity contribution is 7.99. The lowest BCUT2D eigenvalue weighted by Gasteiger charge is -2.29. The Hall–Kier alpha value is -0.960. The van der Waals surface area contributed by atoms with Crippen molar-refractivity contribution in [1.82, 2.24) is 5.32 Å². The van der Waals surface area contributed by atoms with Crippen LogP contribution >= 0.6 is 23.4 Å². The summed E-state index contributed by atoms with van der Waals surface area (Å²) in [4.78, 5) is 1.43. The summed E-state index contributed by atoms with van der Waals surface area (Å²) in [5.41, 5.74) is 2.74. The van der Waals surface area contributed by atoms with Crippen molar-refractivity contribution in [2.24, 2.45) is 0 Å². The van der Waals surface area contributed by atoms with Crippen molar-refractivity contribution in [1.29, 1.82) is 0 Å². The Morgan fingerprint density at radius 1 is 1.24 bits per heavy atom. The van der Waals surface area contributed by atoms with Gasteiger partial charge in [-0.05, 0) is 54.8 Å². The van der Waals surface area contributed by atoms with Crippen molar-refractivity contribution < 1.29 is 0 Å². The Labute approximate surface area is 136 Å². The molecular formula is C18H20ClNS. The molecule has 3 heteroatoms. The van der Waals surface area contributed by atoms with E-state index in [0.29, 0.717) is 12.1 Å². The van der Waals surface area contributed by atoms with Crippen LogP contribution in [0.4, 0.5) is 0 Å². The molecular weight excluding hydrogens is 298 g/mol. The molecule has 2 aromatic carbocycles. The van der Waals surface area contributed by atoms with Crippen LogP contribution in [-0.2, 0) is 6.42 Å². The minimum atomic E-state index is 0.435. The molecule has 1 aliphatic rings. The molecule has 0 radical (unpaired) electrons. The van der Waals surface area contributed by atoms with Gasteiger partial charge in [-0.1, -0.05) is 41.9 Å². The van der Waals surface area contributed by atoms with E-state index in [4.69, 9.17) is 11.6 Å². The molecule has 1 N–H and O–H groups in total. The molecule has 0 saturated heterocycles. The monoisotopic (exact) mass is 317 g/mol. The van der Waals surface area contributed by atoms with Gasteiger partial charge in [-0.3, -0.25) is 0 Å². The van der Waals surface area contributed by atoms with E-state index < -0.39 is 0 Å². The molecule has 0 saturated carbocycles. The van der Waals surface area contributed by atoms with Crippen molar-refractivity contribution in [2.45, 2.75) is 36.7 Å². The van der Waals surface area contributed by atoms with Crippen molar-refractivity contribution in [2.75, 3.05) is 5.75 Å². The zero-order valence-corrected chi connectivity index (χ0v) is 13.8. The van der Waals surface area contributed by atoms with Crippen LogP contribution in [0.15, 0.2) is 53.4 Å². The van der Waals surface area contributed by atoms with Gasteiger partial charge in [0.15, 0.2) is 0 Å². The van der Waals surface area contributed by atoms with Gasteiger partial charge < -0.3 is 5.32 Å². The number of hydrogen-bond acceptors (Lipinski definition) is 2. The summed E-state index contributed by atoms with van der Waals surface area (Å²) in [6, 6.07) is 17.8. The van der Waals surface area contributed by atoms with Gasteiger partial charge in [-0.15, -0.1) is 11.8 Å². The number of thioether (sulfide) groups is 1. The highest BCUT2D eigenvalue weighted by atomic mass is 35.5. The van der Waals surface area contributed by atoms with E-state index in [1.807, 2.05) is 23.9 Å². The van der Waals surface area contributed by atoms with Crippen molar-refractivity contribution >= 4 is 23.4 Å². The summed E-state index contributed by atoms with van der Waals surface area (Å²) in [7, 11) is 0. The predicted molar refractivity (Wildman–Crippen MR) is 92.3 cm³/mol. The third-order valence-electron chi connectivity index (χ3n) is 3.88. The predicted octanol–water partition coefficient (Wildman–Crippen LogP) is 5.10. The second-order valence-corrected chi connectivity index (χ2v) is 7.20. The van der Waals surface area contributed by atoms with Gasteiger partial charge in [0.1, 0.15) is 0 Å². The number of halogens is 1. The van der Waals surface area contributed by atoms with E-state index in [1.54, 1.807) is 0 Å². The molecule has 21 heavy (non-hydrogen) atoms. The molecule has 1 nitrogen and oxygen atoms in total. The third kappa shape index (κ3) is 3.82. The van der Waals surface area contributed by atoms with Gasteiger partial charge in [0, 0.05) is 22.0 Å². The Bertz CT molecular complexity index is 614. The molecule has 2 atom stereocenters. The first-order valence-corrected chi connectivity index (χ1v) is 8.81. The van der Waals surface area contributed by atoms with Crippen molar-refractivity contribution in [3.05, 3.63) is 64.7 Å². The summed E-state index contributed by atoms with van der Waals surface area (Å²) in [6.45, 7) is 2.26. The van der Waals surface area contributed by atoms with Gasteiger partial charge in [0.25, 0.3) is 0 Å². The fraction of sp³-hybridized carbons (Fsp3) is 0.333. The van der Waals surface area contributed by atoms with Gasteiger partial charge in [0.05, 0.1) is 0 Å². The van der Waals surface area contributed by atoms with Gasteiger partial charge in [-0.25, -0.2) is 0 Å². The maximum absolute atomic E-state index is 6.06. The van der Waals surface area contributed by atoms with Gasteiger partial charge >= 0.3 is 0 Å². The molecule has 1 aliphatic heterocycles. The molecule has 0 aliphatic carbocycles. The average Bonchev–Trinajstić information content (AvgIpc) is 2.47. The average molecular weight is 318 g/mol. The zero-order valence-electron chi connectivity index (χ0n) is 12.2. The first-order chi connectivity index (χ1) is 10.2. The van der Waals surface area contributed by atoms with Crippen LogP contribution in [0.3, 0.4) is 0 Å². The fourth-order valence-electron chi connectivity index (χ4n) is 2.94. The molecule has 1 heterocycles. The molecule has 2 aromatic rings. The summed E-state index contributed by atoms with van der Waals surface area (Å²) in [6.07, 6.45) is 2.20. The van der Waals surface area contributed by atoms with Crippen LogP contribution in [0, 0.1) is 0 Å². The summed E-state index contributed by atoms with van der Waals surface area (Å²) >= 11 is 8.03. The number of benzene rings is 2. The summed E-state index contributed by atoms with van der Waals surface area (Å²) in [5, 5.41) is 4.61. The maximum atomic E-state index is 6.06. The highest BCUT2D eigenvalue weighted by Gasteiger charge is 2.21. The Balaban J connectivity index is 1.67. The molecule has 0 fully saturated rings. The lowest BCUT2D eigenvalue weighted by Crippen LogP contribution is -2.33. The molecule has 3 rings (SSSR count). The second-order valence-electron chi connectivity index (χ2n) is 5.63. The Morgan fingerprint density at radius 3 is 2.95 bits per heavy atom. The summed E-state index contributed by atoms with van der Waals surface area (Å²) < 4.78 is 0. The molecule has 0 bridgehead atoms. The number of fused-ring (bicyclic) bond motifs is 1. The van der Waals surface area contributed by atoms with Crippen LogP contribution in [-0.4, -0.2) is 11.8 Å². The van der Waals surface area contributed by atoms with E-state index in [9.17, 15) is 0 Å². The van der Waals surface area contributed by atoms with Crippen LogP contribution in [0.5, 0.6) is 0 Å². The lowest BCUT2D eigenvalue weighted by atomic mass is 10.0. The van der Waals surface area contributed by atoms with E-state index >= 15 is 0 Å². The molecule has 0 amide bonds. The van der Waals surface area contributed by atoms with E-state index in [2.05, 4.69) is 48.6 Å². The standard InChI is InChI=1S/C18H20ClNS/c1-13(11-14-5-4-6-15(19)12-14)20-17-9-10-21-18-8-3-2-7-16(17)18/h2-8,12-13,17,20H,9-11H2,1H3. The van der Waals surface area contributed by atoms with Gasteiger partial charge in [0.2, 0.25) is 0 Å². The fourth-order valence-corrected chi connectivity index (χ4v) is 4.27. The normalized spacial score (nSPS) is 19.0. The molecule has 0 spiro atoms. The highest BCUT2D eigenvalue weighted by Crippen LogP contribution is 2.36. The van der Waals surface area contributed by atoms with Gasteiger partial charge in [-0.2, -0.15) is 0 Å².